The lowest BCUT2D eigenvalue weighted by atomic mass is 9.94. The molecular formula is C20H20NO4-. The molecule has 0 saturated heterocycles. The van der Waals surface area contributed by atoms with Crippen LogP contribution < -0.4 is 9.84 Å². The number of carboxylic acid groups (broad SMARTS) is 1. The van der Waals surface area contributed by atoms with Crippen molar-refractivity contribution in [2.75, 3.05) is 6.61 Å². The van der Waals surface area contributed by atoms with Gasteiger partial charge in [-0.25, -0.2) is 0 Å². The van der Waals surface area contributed by atoms with Gasteiger partial charge in [0.05, 0.1) is 12.0 Å². The molecule has 0 fully saturated rings. The zero-order valence-electron chi connectivity index (χ0n) is 14.3. The van der Waals surface area contributed by atoms with Crippen LogP contribution in [0, 0.1) is 13.8 Å². The lowest BCUT2D eigenvalue weighted by Gasteiger charge is -2.37. The minimum atomic E-state index is -1.24. The molecule has 0 unspecified atom stereocenters. The molecule has 0 radical (unpaired) electrons. The summed E-state index contributed by atoms with van der Waals surface area (Å²) in [6.07, 6.45) is 0.258. The van der Waals surface area contributed by atoms with Gasteiger partial charge in [-0.1, -0.05) is 30.3 Å². The fourth-order valence-electron chi connectivity index (χ4n) is 3.24. The van der Waals surface area contributed by atoms with E-state index in [9.17, 15) is 14.7 Å². The highest BCUT2D eigenvalue weighted by Crippen LogP contribution is 2.24. The number of hydrogen-bond donors (Lipinski definition) is 0. The normalized spacial score (nSPS) is 16.2. The van der Waals surface area contributed by atoms with Crippen LogP contribution in [-0.4, -0.2) is 29.4 Å². The van der Waals surface area contributed by atoms with Crippen LogP contribution in [0.4, 0.5) is 0 Å². The SMILES string of the molecule is Cc1cc(C)cc(OCC(=O)N2Cc3ccccc3C[C@@H]2C(=O)[O-])c1. The van der Waals surface area contributed by atoms with Crippen LogP contribution in [0.25, 0.3) is 0 Å². The molecule has 1 amide bonds. The van der Waals surface area contributed by atoms with Gasteiger partial charge >= 0.3 is 0 Å². The van der Waals surface area contributed by atoms with Crippen LogP contribution in [0.3, 0.4) is 0 Å². The Hall–Kier alpha value is -2.82. The number of aliphatic carboxylic acids is 1. The number of carboxylic acids is 1. The van der Waals surface area contributed by atoms with E-state index in [1.807, 2.05) is 56.3 Å². The third kappa shape index (κ3) is 3.82. The Morgan fingerprint density at radius 1 is 1.12 bits per heavy atom. The summed E-state index contributed by atoms with van der Waals surface area (Å²) in [5.41, 5.74) is 3.99. The van der Waals surface area contributed by atoms with Gasteiger partial charge in [0.25, 0.3) is 5.91 Å². The van der Waals surface area contributed by atoms with Crippen molar-refractivity contribution >= 4 is 11.9 Å². The minimum absolute atomic E-state index is 0.200. The number of hydrogen-bond acceptors (Lipinski definition) is 4. The maximum Gasteiger partial charge on any atom is 0.261 e. The monoisotopic (exact) mass is 338 g/mol. The van der Waals surface area contributed by atoms with Crippen molar-refractivity contribution < 1.29 is 19.4 Å². The number of carbonyl (C=O) groups is 2. The molecule has 0 spiro atoms. The van der Waals surface area contributed by atoms with Gasteiger partial charge in [0.2, 0.25) is 0 Å². The Labute approximate surface area is 146 Å². The maximum atomic E-state index is 12.6. The topological polar surface area (TPSA) is 69.7 Å². The van der Waals surface area contributed by atoms with Crippen molar-refractivity contribution in [3.63, 3.8) is 0 Å². The predicted molar refractivity (Wildman–Crippen MR) is 90.9 cm³/mol. The molecule has 3 rings (SSSR count). The second-order valence-electron chi connectivity index (χ2n) is 6.44. The Balaban J connectivity index is 1.74. The van der Waals surface area contributed by atoms with Crippen molar-refractivity contribution in [1.82, 2.24) is 4.90 Å². The van der Waals surface area contributed by atoms with E-state index in [1.54, 1.807) is 0 Å². The standard InChI is InChI=1S/C20H21NO4/c1-13-7-14(2)9-17(8-13)25-12-19(22)21-11-16-6-4-3-5-15(16)10-18(21)20(23)24/h3-9,18H,10-12H2,1-2H3,(H,23,24)/p-1/t18-/m1/s1. The summed E-state index contributed by atoms with van der Waals surface area (Å²) >= 11 is 0. The summed E-state index contributed by atoms with van der Waals surface area (Å²) in [7, 11) is 0. The van der Waals surface area contributed by atoms with Gasteiger partial charge in [-0.2, -0.15) is 0 Å². The highest BCUT2D eigenvalue weighted by molar-refractivity contribution is 5.84. The van der Waals surface area contributed by atoms with Gasteiger partial charge < -0.3 is 19.5 Å². The van der Waals surface area contributed by atoms with Crippen LogP contribution in [0.2, 0.25) is 0 Å². The average Bonchev–Trinajstić information content (AvgIpc) is 2.57. The first kappa shape index (κ1) is 17.0. The fraction of sp³-hybridized carbons (Fsp3) is 0.300. The van der Waals surface area contributed by atoms with Gasteiger partial charge in [-0.15, -0.1) is 0 Å². The molecule has 1 aliphatic rings. The Kier molecular flexibility index (Phi) is 4.74. The van der Waals surface area contributed by atoms with E-state index in [-0.39, 0.29) is 25.5 Å². The second-order valence-corrected chi connectivity index (χ2v) is 6.44. The third-order valence-electron chi connectivity index (χ3n) is 4.40. The Morgan fingerprint density at radius 2 is 1.76 bits per heavy atom. The van der Waals surface area contributed by atoms with E-state index < -0.39 is 12.0 Å². The predicted octanol–water partition coefficient (Wildman–Crippen LogP) is 1.39. The lowest BCUT2D eigenvalue weighted by molar-refractivity contribution is -0.311. The molecule has 0 aliphatic carbocycles. The van der Waals surface area contributed by atoms with Crippen molar-refractivity contribution in [3.8, 4) is 5.75 Å². The molecule has 25 heavy (non-hydrogen) atoms. The molecule has 2 aromatic carbocycles. The van der Waals surface area contributed by atoms with Gasteiger partial charge in [-0.05, 0) is 54.7 Å². The molecule has 0 N–H and O–H groups in total. The molecule has 0 bridgehead atoms. The summed E-state index contributed by atoms with van der Waals surface area (Å²) in [5.74, 6) is -0.995. The van der Waals surface area contributed by atoms with Crippen LogP contribution in [0.15, 0.2) is 42.5 Å². The molecule has 130 valence electrons. The number of amides is 1. The third-order valence-corrected chi connectivity index (χ3v) is 4.40. The number of carbonyl (C=O) groups excluding carboxylic acids is 2. The van der Waals surface area contributed by atoms with E-state index in [0.717, 1.165) is 22.3 Å². The first-order chi connectivity index (χ1) is 11.9. The van der Waals surface area contributed by atoms with Crippen molar-refractivity contribution in [2.24, 2.45) is 0 Å². The van der Waals surface area contributed by atoms with Crippen molar-refractivity contribution in [3.05, 3.63) is 64.7 Å². The smallest absolute Gasteiger partial charge is 0.261 e. The molecule has 1 aliphatic heterocycles. The molecule has 5 heteroatoms. The average molecular weight is 338 g/mol. The number of fused-ring (bicyclic) bond motifs is 1. The van der Waals surface area contributed by atoms with Gasteiger partial charge in [0.1, 0.15) is 5.75 Å². The quantitative estimate of drug-likeness (QED) is 0.845. The van der Waals surface area contributed by atoms with Gasteiger partial charge in [0, 0.05) is 6.54 Å². The van der Waals surface area contributed by atoms with Crippen LogP contribution in [-0.2, 0) is 22.6 Å². The number of benzene rings is 2. The summed E-state index contributed by atoms with van der Waals surface area (Å²) < 4.78 is 5.59. The zero-order valence-corrected chi connectivity index (χ0v) is 14.3. The van der Waals surface area contributed by atoms with Crippen molar-refractivity contribution in [2.45, 2.75) is 32.9 Å². The molecule has 2 aromatic rings. The number of rotatable bonds is 4. The summed E-state index contributed by atoms with van der Waals surface area (Å²) in [4.78, 5) is 25.4. The first-order valence-electron chi connectivity index (χ1n) is 8.22. The first-order valence-corrected chi connectivity index (χ1v) is 8.22. The van der Waals surface area contributed by atoms with E-state index in [4.69, 9.17) is 4.74 Å². The van der Waals surface area contributed by atoms with Crippen LogP contribution in [0.5, 0.6) is 5.75 Å². The zero-order chi connectivity index (χ0) is 18.0. The van der Waals surface area contributed by atoms with E-state index >= 15 is 0 Å². The second kappa shape index (κ2) is 6.97. The minimum Gasteiger partial charge on any atom is -0.548 e. The van der Waals surface area contributed by atoms with E-state index in [2.05, 4.69) is 0 Å². The lowest BCUT2D eigenvalue weighted by Crippen LogP contribution is -2.54. The molecule has 0 saturated carbocycles. The van der Waals surface area contributed by atoms with Crippen LogP contribution in [0.1, 0.15) is 22.3 Å². The van der Waals surface area contributed by atoms with Gasteiger partial charge in [-0.3, -0.25) is 4.79 Å². The molecule has 1 heterocycles. The highest BCUT2D eigenvalue weighted by Gasteiger charge is 2.30. The fourth-order valence-corrected chi connectivity index (χ4v) is 3.24. The van der Waals surface area contributed by atoms with E-state index in [0.29, 0.717) is 5.75 Å². The Morgan fingerprint density at radius 3 is 2.40 bits per heavy atom. The molecular weight excluding hydrogens is 318 g/mol. The largest absolute Gasteiger partial charge is 0.548 e. The number of nitrogens with zero attached hydrogens (tertiary/aromatic N) is 1. The number of aryl methyl sites for hydroxylation is 2. The molecule has 0 aromatic heterocycles. The number of ether oxygens (including phenoxy) is 1. The van der Waals surface area contributed by atoms with Crippen molar-refractivity contribution in [1.29, 1.82) is 0 Å². The molecule has 5 nitrogen and oxygen atoms in total. The summed E-state index contributed by atoms with van der Waals surface area (Å²) in [5, 5.41) is 11.5. The van der Waals surface area contributed by atoms with E-state index in [1.165, 1.54) is 4.90 Å². The Bertz CT molecular complexity index is 795. The van der Waals surface area contributed by atoms with Crippen LogP contribution >= 0.6 is 0 Å². The summed E-state index contributed by atoms with van der Waals surface area (Å²) in [6, 6.07) is 12.3. The molecule has 1 atom stereocenters. The maximum absolute atomic E-state index is 12.6. The van der Waals surface area contributed by atoms with Gasteiger partial charge in [0.15, 0.2) is 6.61 Å². The summed E-state index contributed by atoms with van der Waals surface area (Å²) in [6.45, 7) is 3.96. The highest BCUT2D eigenvalue weighted by atomic mass is 16.5.